The quantitative estimate of drug-likeness (QED) is 0.873. The normalized spacial score (nSPS) is 9.94. The molecule has 0 radical (unpaired) electrons. The van der Waals surface area contributed by atoms with Crippen molar-refractivity contribution in [2.75, 3.05) is 18.4 Å². The second-order valence-electron chi connectivity index (χ2n) is 3.72. The van der Waals surface area contributed by atoms with Crippen molar-refractivity contribution in [2.45, 2.75) is 20.3 Å². The molecule has 0 saturated heterocycles. The number of aryl methyl sites for hydroxylation is 1. The van der Waals surface area contributed by atoms with E-state index in [1.165, 1.54) is 0 Å². The monoisotopic (exact) mass is 284 g/mol. The lowest BCUT2D eigenvalue weighted by Gasteiger charge is -2.08. The van der Waals surface area contributed by atoms with E-state index >= 15 is 0 Å². The Morgan fingerprint density at radius 1 is 1.38 bits per heavy atom. The molecule has 4 heteroatoms. The van der Waals surface area contributed by atoms with E-state index in [1.54, 1.807) is 0 Å². The minimum atomic E-state index is 0.0273. The second kappa shape index (κ2) is 6.53. The number of nitrogens with one attached hydrogen (secondary N) is 2. The summed E-state index contributed by atoms with van der Waals surface area (Å²) in [6.45, 7) is 5.10. The van der Waals surface area contributed by atoms with Gasteiger partial charge in [-0.05, 0) is 37.1 Å². The number of benzene rings is 1. The molecule has 0 aliphatic rings. The van der Waals surface area contributed by atoms with E-state index < -0.39 is 0 Å². The molecule has 0 aliphatic carbocycles. The van der Waals surface area contributed by atoms with E-state index in [1.807, 2.05) is 32.0 Å². The van der Waals surface area contributed by atoms with Crippen LogP contribution in [0.2, 0.25) is 0 Å². The highest BCUT2D eigenvalue weighted by molar-refractivity contribution is 9.10. The van der Waals surface area contributed by atoms with Crippen LogP contribution >= 0.6 is 15.9 Å². The fourth-order valence-corrected chi connectivity index (χ4v) is 1.96. The summed E-state index contributed by atoms with van der Waals surface area (Å²) in [7, 11) is 0. The molecule has 0 spiro atoms. The van der Waals surface area contributed by atoms with Gasteiger partial charge in [-0.15, -0.1) is 0 Å². The lowest BCUT2D eigenvalue weighted by atomic mass is 10.2. The largest absolute Gasteiger partial charge is 0.376 e. The van der Waals surface area contributed by atoms with E-state index in [0.29, 0.717) is 6.54 Å². The third-order valence-electron chi connectivity index (χ3n) is 2.07. The maximum atomic E-state index is 11.4. The van der Waals surface area contributed by atoms with Crippen molar-refractivity contribution >= 4 is 27.5 Å². The van der Waals surface area contributed by atoms with Gasteiger partial charge >= 0.3 is 0 Å². The van der Waals surface area contributed by atoms with Crippen LogP contribution in [0.3, 0.4) is 0 Å². The Balaban J connectivity index is 2.45. The van der Waals surface area contributed by atoms with Gasteiger partial charge in [0.15, 0.2) is 0 Å². The number of rotatable bonds is 5. The molecule has 0 bridgehead atoms. The van der Waals surface area contributed by atoms with Crippen molar-refractivity contribution in [1.82, 2.24) is 5.32 Å². The zero-order chi connectivity index (χ0) is 12.0. The van der Waals surface area contributed by atoms with Gasteiger partial charge in [0.1, 0.15) is 0 Å². The molecule has 0 aromatic heterocycles. The van der Waals surface area contributed by atoms with Gasteiger partial charge in [0.2, 0.25) is 5.91 Å². The number of halogens is 1. The van der Waals surface area contributed by atoms with Crippen LogP contribution in [-0.4, -0.2) is 19.0 Å². The van der Waals surface area contributed by atoms with Gasteiger partial charge < -0.3 is 10.6 Å². The Morgan fingerprint density at radius 2 is 2.12 bits per heavy atom. The fourth-order valence-electron chi connectivity index (χ4n) is 1.35. The lowest BCUT2D eigenvalue weighted by molar-refractivity contribution is -0.119. The maximum absolute atomic E-state index is 11.4. The zero-order valence-corrected chi connectivity index (χ0v) is 11.2. The SMILES string of the molecule is CCCNC(=O)CNc1cc(C)cc(Br)c1. The number of hydrogen-bond donors (Lipinski definition) is 2. The van der Waals surface area contributed by atoms with E-state index in [0.717, 1.165) is 28.7 Å². The Kier molecular flexibility index (Phi) is 5.32. The van der Waals surface area contributed by atoms with Gasteiger partial charge in [0, 0.05) is 16.7 Å². The van der Waals surface area contributed by atoms with Crippen LogP contribution in [0.1, 0.15) is 18.9 Å². The van der Waals surface area contributed by atoms with Crippen LogP contribution < -0.4 is 10.6 Å². The first-order valence-electron chi connectivity index (χ1n) is 5.39. The number of carbonyl (C=O) groups is 1. The Labute approximate surface area is 105 Å². The van der Waals surface area contributed by atoms with Crippen LogP contribution in [0.15, 0.2) is 22.7 Å². The highest BCUT2D eigenvalue weighted by atomic mass is 79.9. The minimum absolute atomic E-state index is 0.0273. The average molecular weight is 285 g/mol. The average Bonchev–Trinajstić information content (AvgIpc) is 2.22. The van der Waals surface area contributed by atoms with Crippen molar-refractivity contribution in [3.63, 3.8) is 0 Å². The first-order chi connectivity index (χ1) is 7.61. The summed E-state index contributed by atoms with van der Waals surface area (Å²) in [4.78, 5) is 11.4. The van der Waals surface area contributed by atoms with Crippen molar-refractivity contribution in [1.29, 1.82) is 0 Å². The number of carbonyl (C=O) groups excluding carboxylic acids is 1. The number of amides is 1. The standard InChI is InChI=1S/C12H17BrN2O/c1-3-4-14-12(16)8-15-11-6-9(2)5-10(13)7-11/h5-7,15H,3-4,8H2,1-2H3,(H,14,16). The van der Waals surface area contributed by atoms with Crippen molar-refractivity contribution in [3.05, 3.63) is 28.2 Å². The molecule has 1 rings (SSSR count). The third-order valence-corrected chi connectivity index (χ3v) is 2.53. The Morgan fingerprint density at radius 3 is 2.75 bits per heavy atom. The van der Waals surface area contributed by atoms with Gasteiger partial charge in [-0.2, -0.15) is 0 Å². The molecule has 0 unspecified atom stereocenters. The highest BCUT2D eigenvalue weighted by Crippen LogP contribution is 2.18. The first kappa shape index (κ1) is 13.0. The number of hydrogen-bond acceptors (Lipinski definition) is 2. The van der Waals surface area contributed by atoms with Gasteiger partial charge in [-0.25, -0.2) is 0 Å². The Hall–Kier alpha value is -1.03. The van der Waals surface area contributed by atoms with Crippen LogP contribution in [-0.2, 0) is 4.79 Å². The molecule has 0 saturated carbocycles. The highest BCUT2D eigenvalue weighted by Gasteiger charge is 2.00. The molecule has 1 aromatic rings. The van der Waals surface area contributed by atoms with Crippen molar-refractivity contribution in [3.8, 4) is 0 Å². The summed E-state index contributed by atoms with van der Waals surface area (Å²) < 4.78 is 1.02. The molecular weight excluding hydrogens is 268 g/mol. The predicted octanol–water partition coefficient (Wildman–Crippen LogP) is 2.70. The molecular formula is C12H17BrN2O. The molecule has 3 nitrogen and oxygen atoms in total. The van der Waals surface area contributed by atoms with E-state index in [9.17, 15) is 4.79 Å². The van der Waals surface area contributed by atoms with Gasteiger partial charge in [-0.1, -0.05) is 22.9 Å². The van der Waals surface area contributed by atoms with Gasteiger partial charge in [-0.3, -0.25) is 4.79 Å². The predicted molar refractivity (Wildman–Crippen MR) is 70.7 cm³/mol. The zero-order valence-electron chi connectivity index (χ0n) is 9.64. The molecule has 16 heavy (non-hydrogen) atoms. The summed E-state index contributed by atoms with van der Waals surface area (Å²) in [5.41, 5.74) is 2.12. The molecule has 1 amide bonds. The first-order valence-corrected chi connectivity index (χ1v) is 6.19. The van der Waals surface area contributed by atoms with Gasteiger partial charge in [0.05, 0.1) is 6.54 Å². The second-order valence-corrected chi connectivity index (χ2v) is 4.64. The van der Waals surface area contributed by atoms with Crippen molar-refractivity contribution in [2.24, 2.45) is 0 Å². The van der Waals surface area contributed by atoms with Crippen LogP contribution in [0.4, 0.5) is 5.69 Å². The maximum Gasteiger partial charge on any atom is 0.239 e. The molecule has 0 fully saturated rings. The van der Waals surface area contributed by atoms with Crippen LogP contribution in [0.5, 0.6) is 0 Å². The lowest BCUT2D eigenvalue weighted by Crippen LogP contribution is -2.30. The van der Waals surface area contributed by atoms with E-state index in [2.05, 4.69) is 26.6 Å². The Bertz CT molecular complexity index is 346. The topological polar surface area (TPSA) is 41.1 Å². The summed E-state index contributed by atoms with van der Waals surface area (Å²) in [5.74, 6) is 0.0273. The fraction of sp³-hybridized carbons (Fsp3) is 0.417. The van der Waals surface area contributed by atoms with Crippen LogP contribution in [0.25, 0.3) is 0 Å². The van der Waals surface area contributed by atoms with E-state index in [4.69, 9.17) is 0 Å². The summed E-state index contributed by atoms with van der Waals surface area (Å²) >= 11 is 3.42. The van der Waals surface area contributed by atoms with Crippen molar-refractivity contribution < 1.29 is 4.79 Å². The summed E-state index contributed by atoms with van der Waals surface area (Å²) in [6.07, 6.45) is 0.960. The molecule has 0 atom stereocenters. The smallest absolute Gasteiger partial charge is 0.239 e. The number of anilines is 1. The molecule has 0 aliphatic heterocycles. The third kappa shape index (κ3) is 4.66. The van der Waals surface area contributed by atoms with Gasteiger partial charge in [0.25, 0.3) is 0 Å². The molecule has 1 aromatic carbocycles. The van der Waals surface area contributed by atoms with E-state index in [-0.39, 0.29) is 5.91 Å². The van der Waals surface area contributed by atoms with Crippen LogP contribution in [0, 0.1) is 6.92 Å². The summed E-state index contributed by atoms with van der Waals surface area (Å²) in [6, 6.07) is 6.00. The minimum Gasteiger partial charge on any atom is -0.376 e. The molecule has 2 N–H and O–H groups in total. The summed E-state index contributed by atoms with van der Waals surface area (Å²) in [5, 5.41) is 5.91. The molecule has 88 valence electrons. The molecule has 0 heterocycles.